The number of benzene rings is 1. The van der Waals surface area contributed by atoms with E-state index in [0.717, 1.165) is 5.56 Å². The fourth-order valence-corrected chi connectivity index (χ4v) is 2.53. The van der Waals surface area contributed by atoms with Gasteiger partial charge in [0.25, 0.3) is 5.91 Å². The standard InChI is InChI=1S/C18H17FN4O/c19-15-5-3-4-14(10-15)11-16(23-8-1-2-9-23)12-22-18(24)17-13-20-6-7-21-17/h1-10,13,16H,11-12H2,(H,22,24). The van der Waals surface area contributed by atoms with Gasteiger partial charge in [0.2, 0.25) is 0 Å². The first kappa shape index (κ1) is 15.9. The van der Waals surface area contributed by atoms with Crippen molar-refractivity contribution in [2.45, 2.75) is 12.5 Å². The van der Waals surface area contributed by atoms with Gasteiger partial charge in [-0.05, 0) is 36.2 Å². The quantitative estimate of drug-likeness (QED) is 0.758. The zero-order chi connectivity index (χ0) is 16.8. The minimum absolute atomic E-state index is 0.0255. The van der Waals surface area contributed by atoms with Gasteiger partial charge in [0, 0.05) is 31.3 Å². The highest BCUT2D eigenvalue weighted by molar-refractivity contribution is 5.91. The van der Waals surface area contributed by atoms with E-state index in [4.69, 9.17) is 0 Å². The first-order valence-electron chi connectivity index (χ1n) is 7.63. The molecule has 1 N–H and O–H groups in total. The Morgan fingerprint density at radius 3 is 2.75 bits per heavy atom. The van der Waals surface area contributed by atoms with Crippen LogP contribution in [-0.2, 0) is 6.42 Å². The van der Waals surface area contributed by atoms with Crippen molar-refractivity contribution in [1.29, 1.82) is 0 Å². The molecule has 3 aromatic rings. The topological polar surface area (TPSA) is 59.8 Å². The second kappa shape index (κ2) is 7.50. The zero-order valence-electron chi connectivity index (χ0n) is 13.0. The van der Waals surface area contributed by atoms with Crippen LogP contribution >= 0.6 is 0 Å². The summed E-state index contributed by atoms with van der Waals surface area (Å²) >= 11 is 0. The van der Waals surface area contributed by atoms with Crippen LogP contribution < -0.4 is 5.32 Å². The van der Waals surface area contributed by atoms with Crippen LogP contribution in [0.25, 0.3) is 0 Å². The molecule has 3 rings (SSSR count). The van der Waals surface area contributed by atoms with Gasteiger partial charge < -0.3 is 9.88 Å². The van der Waals surface area contributed by atoms with Gasteiger partial charge in [-0.2, -0.15) is 0 Å². The Labute approximate surface area is 139 Å². The Hall–Kier alpha value is -3.02. The Kier molecular flexibility index (Phi) is 4.96. The van der Waals surface area contributed by atoms with E-state index in [2.05, 4.69) is 15.3 Å². The maximum absolute atomic E-state index is 13.4. The number of rotatable bonds is 6. The first-order chi connectivity index (χ1) is 11.7. The molecule has 0 saturated carbocycles. The molecule has 0 saturated heterocycles. The second-order valence-electron chi connectivity index (χ2n) is 5.42. The van der Waals surface area contributed by atoms with Crippen molar-refractivity contribution in [3.05, 3.63) is 84.5 Å². The summed E-state index contributed by atoms with van der Waals surface area (Å²) in [6, 6.07) is 10.3. The molecule has 0 fully saturated rings. The van der Waals surface area contributed by atoms with Gasteiger partial charge in [0.05, 0.1) is 12.2 Å². The molecule has 1 aromatic carbocycles. The molecule has 0 spiro atoms. The number of aromatic nitrogens is 3. The van der Waals surface area contributed by atoms with Crippen molar-refractivity contribution in [3.63, 3.8) is 0 Å². The molecule has 0 bridgehead atoms. The summed E-state index contributed by atoms with van der Waals surface area (Å²) in [5.41, 5.74) is 1.15. The predicted octanol–water partition coefficient (Wildman–Crippen LogP) is 2.63. The average Bonchev–Trinajstić information content (AvgIpc) is 3.13. The lowest BCUT2D eigenvalue weighted by Gasteiger charge is -2.20. The molecule has 0 aliphatic rings. The largest absolute Gasteiger partial charge is 0.349 e. The molecule has 2 aromatic heterocycles. The van der Waals surface area contributed by atoms with Gasteiger partial charge in [-0.25, -0.2) is 9.37 Å². The van der Waals surface area contributed by atoms with Gasteiger partial charge >= 0.3 is 0 Å². The van der Waals surface area contributed by atoms with Crippen LogP contribution in [0.5, 0.6) is 0 Å². The number of hydrogen-bond donors (Lipinski definition) is 1. The third kappa shape index (κ3) is 4.04. The molecule has 1 atom stereocenters. The van der Waals surface area contributed by atoms with Gasteiger partial charge in [-0.3, -0.25) is 9.78 Å². The summed E-state index contributed by atoms with van der Waals surface area (Å²) in [4.78, 5) is 20.0. The molecule has 5 nitrogen and oxygen atoms in total. The van der Waals surface area contributed by atoms with Crippen LogP contribution in [0.1, 0.15) is 22.1 Å². The Morgan fingerprint density at radius 2 is 2.04 bits per heavy atom. The van der Waals surface area contributed by atoms with Crippen LogP contribution in [0, 0.1) is 5.82 Å². The molecule has 2 heterocycles. The van der Waals surface area contributed by atoms with Crippen LogP contribution in [0.3, 0.4) is 0 Å². The lowest BCUT2D eigenvalue weighted by Crippen LogP contribution is -2.32. The fourth-order valence-electron chi connectivity index (χ4n) is 2.53. The molecule has 24 heavy (non-hydrogen) atoms. The maximum atomic E-state index is 13.4. The number of nitrogens with one attached hydrogen (secondary N) is 1. The molecule has 0 aliphatic heterocycles. The summed E-state index contributed by atoms with van der Waals surface area (Å²) < 4.78 is 15.4. The lowest BCUT2D eigenvalue weighted by molar-refractivity contribution is 0.0942. The highest BCUT2D eigenvalue weighted by Gasteiger charge is 2.14. The number of carbonyl (C=O) groups excluding carboxylic acids is 1. The molecule has 122 valence electrons. The van der Waals surface area contributed by atoms with Crippen molar-refractivity contribution in [2.75, 3.05) is 6.54 Å². The maximum Gasteiger partial charge on any atom is 0.271 e. The summed E-state index contributed by atoms with van der Waals surface area (Å²) in [7, 11) is 0. The van der Waals surface area contributed by atoms with Gasteiger partial charge in [0.1, 0.15) is 11.5 Å². The Balaban J connectivity index is 1.70. The summed E-state index contributed by atoms with van der Waals surface area (Å²) in [5.74, 6) is -0.540. The van der Waals surface area contributed by atoms with E-state index in [1.807, 2.05) is 35.2 Å². The molecule has 0 aliphatic carbocycles. The molecule has 1 unspecified atom stereocenters. The average molecular weight is 324 g/mol. The van der Waals surface area contributed by atoms with Crippen molar-refractivity contribution >= 4 is 5.91 Å². The molecule has 6 heteroatoms. The predicted molar refractivity (Wildman–Crippen MR) is 87.9 cm³/mol. The zero-order valence-corrected chi connectivity index (χ0v) is 13.0. The number of halogens is 1. The van der Waals surface area contributed by atoms with Gasteiger partial charge in [0.15, 0.2) is 0 Å². The minimum Gasteiger partial charge on any atom is -0.349 e. The molecule has 1 amide bonds. The Bertz CT molecular complexity index is 790. The number of hydrogen-bond acceptors (Lipinski definition) is 3. The highest BCUT2D eigenvalue weighted by Crippen LogP contribution is 2.15. The van der Waals surface area contributed by atoms with E-state index in [1.54, 1.807) is 6.07 Å². The van der Waals surface area contributed by atoms with E-state index >= 15 is 0 Å². The van der Waals surface area contributed by atoms with Crippen molar-refractivity contribution in [2.24, 2.45) is 0 Å². The fraction of sp³-hybridized carbons (Fsp3) is 0.167. The molecular formula is C18H17FN4O. The Morgan fingerprint density at radius 1 is 1.21 bits per heavy atom. The molecule has 0 radical (unpaired) electrons. The van der Waals surface area contributed by atoms with Crippen LogP contribution in [-0.4, -0.2) is 27.0 Å². The first-order valence-corrected chi connectivity index (χ1v) is 7.63. The third-order valence-corrected chi connectivity index (χ3v) is 3.70. The van der Waals surface area contributed by atoms with Gasteiger partial charge in [-0.15, -0.1) is 0 Å². The monoisotopic (exact) mass is 324 g/mol. The van der Waals surface area contributed by atoms with E-state index in [9.17, 15) is 9.18 Å². The lowest BCUT2D eigenvalue weighted by atomic mass is 10.1. The highest BCUT2D eigenvalue weighted by atomic mass is 19.1. The summed E-state index contributed by atoms with van der Waals surface area (Å²) in [5, 5.41) is 2.87. The normalized spacial score (nSPS) is 11.9. The van der Waals surface area contributed by atoms with Crippen LogP contribution in [0.2, 0.25) is 0 Å². The third-order valence-electron chi connectivity index (χ3n) is 3.70. The van der Waals surface area contributed by atoms with Gasteiger partial charge in [-0.1, -0.05) is 12.1 Å². The minimum atomic E-state index is -0.278. The van der Waals surface area contributed by atoms with Crippen molar-refractivity contribution < 1.29 is 9.18 Å². The summed E-state index contributed by atoms with van der Waals surface area (Å²) in [6.07, 6.45) is 8.88. The van der Waals surface area contributed by atoms with E-state index in [1.165, 1.54) is 30.7 Å². The van der Waals surface area contributed by atoms with Crippen LogP contribution in [0.15, 0.2) is 67.4 Å². The van der Waals surface area contributed by atoms with E-state index in [-0.39, 0.29) is 23.5 Å². The smallest absolute Gasteiger partial charge is 0.271 e. The molecular weight excluding hydrogens is 307 g/mol. The van der Waals surface area contributed by atoms with Crippen LogP contribution in [0.4, 0.5) is 4.39 Å². The number of carbonyl (C=O) groups is 1. The SMILES string of the molecule is O=C(NCC(Cc1cccc(F)c1)n1cccc1)c1cnccn1. The summed E-state index contributed by atoms with van der Waals surface area (Å²) in [6.45, 7) is 0.403. The van der Waals surface area contributed by atoms with E-state index in [0.29, 0.717) is 13.0 Å². The second-order valence-corrected chi connectivity index (χ2v) is 5.42. The number of nitrogens with zero attached hydrogens (tertiary/aromatic N) is 3. The van der Waals surface area contributed by atoms with Crippen molar-refractivity contribution in [1.82, 2.24) is 19.9 Å². The van der Waals surface area contributed by atoms with E-state index < -0.39 is 0 Å². The number of amides is 1. The van der Waals surface area contributed by atoms with Crippen molar-refractivity contribution in [3.8, 4) is 0 Å².